The summed E-state index contributed by atoms with van der Waals surface area (Å²) in [4.78, 5) is 21.7. The molecule has 0 heterocycles. The molecule has 0 bridgehead atoms. The Labute approximate surface area is 95.6 Å². The fourth-order valence-electron chi connectivity index (χ4n) is 1.59. The molecule has 0 spiro atoms. The van der Waals surface area contributed by atoms with Crippen LogP contribution in [0.25, 0.3) is 0 Å². The number of amides is 2. The highest BCUT2D eigenvalue weighted by molar-refractivity contribution is 5.74. The molecule has 1 aliphatic rings. The Kier molecular flexibility index (Phi) is 4.58. The van der Waals surface area contributed by atoms with E-state index in [0.29, 0.717) is 12.3 Å². The molecule has 0 aromatic heterocycles. The molecule has 1 saturated carbocycles. The molecule has 3 atom stereocenters. The van der Waals surface area contributed by atoms with Crippen molar-refractivity contribution in [1.29, 1.82) is 0 Å². The van der Waals surface area contributed by atoms with E-state index in [1.54, 1.807) is 0 Å². The van der Waals surface area contributed by atoms with E-state index in [0.717, 1.165) is 12.5 Å². The zero-order valence-corrected chi connectivity index (χ0v) is 9.82. The molecule has 1 rings (SSSR count). The third kappa shape index (κ3) is 5.00. The van der Waals surface area contributed by atoms with Crippen LogP contribution in [0.2, 0.25) is 0 Å². The summed E-state index contributed by atoms with van der Waals surface area (Å²) in [6.45, 7) is 4.70. The molecule has 0 aromatic rings. The van der Waals surface area contributed by atoms with E-state index in [-0.39, 0.29) is 18.5 Å². The van der Waals surface area contributed by atoms with Crippen molar-refractivity contribution in [2.45, 2.75) is 39.2 Å². The summed E-state index contributed by atoms with van der Waals surface area (Å²) in [5.74, 6) is 0.519. The minimum atomic E-state index is -0.833. The van der Waals surface area contributed by atoms with Crippen molar-refractivity contribution in [3.63, 3.8) is 0 Å². The number of carboxylic acids is 1. The van der Waals surface area contributed by atoms with Crippen LogP contribution in [0.3, 0.4) is 0 Å². The number of hydrogen-bond acceptors (Lipinski definition) is 2. The molecule has 3 unspecified atom stereocenters. The molecule has 1 aliphatic carbocycles. The highest BCUT2D eigenvalue weighted by atomic mass is 16.4. The van der Waals surface area contributed by atoms with Crippen molar-refractivity contribution in [2.75, 3.05) is 6.54 Å². The normalized spacial score (nSPS) is 24.6. The third-order valence-electron chi connectivity index (χ3n) is 2.97. The minimum Gasteiger partial charge on any atom is -0.481 e. The van der Waals surface area contributed by atoms with E-state index in [2.05, 4.69) is 17.6 Å². The van der Waals surface area contributed by atoms with E-state index in [9.17, 15) is 9.59 Å². The summed E-state index contributed by atoms with van der Waals surface area (Å²) in [7, 11) is 0. The van der Waals surface area contributed by atoms with Gasteiger partial charge in [-0.1, -0.05) is 6.92 Å². The maximum atomic E-state index is 11.4. The van der Waals surface area contributed by atoms with Crippen molar-refractivity contribution in [2.24, 2.45) is 11.8 Å². The maximum Gasteiger partial charge on any atom is 0.315 e. The van der Waals surface area contributed by atoms with Crippen LogP contribution in [0.15, 0.2) is 0 Å². The standard InChI is InChI=1S/C11H20N2O3/c1-7-5-9(7)6-12-11(16)13-8(2)3-4-10(14)15/h7-9H,3-6H2,1-2H3,(H,14,15)(H2,12,13,16). The highest BCUT2D eigenvalue weighted by Gasteiger charge is 2.32. The van der Waals surface area contributed by atoms with E-state index < -0.39 is 5.97 Å². The van der Waals surface area contributed by atoms with Gasteiger partial charge in [0.2, 0.25) is 0 Å². The first-order valence-corrected chi connectivity index (χ1v) is 5.75. The molecule has 0 aromatic carbocycles. The summed E-state index contributed by atoms with van der Waals surface area (Å²) in [5, 5.41) is 14.0. The second-order valence-corrected chi connectivity index (χ2v) is 4.66. The van der Waals surface area contributed by atoms with Crippen LogP contribution in [-0.4, -0.2) is 29.7 Å². The molecule has 0 aliphatic heterocycles. The van der Waals surface area contributed by atoms with Crippen LogP contribution in [0.1, 0.15) is 33.1 Å². The van der Waals surface area contributed by atoms with Gasteiger partial charge in [-0.15, -0.1) is 0 Å². The number of carboxylic acid groups (broad SMARTS) is 1. The topological polar surface area (TPSA) is 78.4 Å². The number of rotatable bonds is 6. The molecule has 2 amide bonds. The molecule has 5 nitrogen and oxygen atoms in total. The molecule has 0 saturated heterocycles. The smallest absolute Gasteiger partial charge is 0.315 e. The summed E-state index contributed by atoms with van der Waals surface area (Å²) in [6.07, 6.45) is 1.73. The van der Waals surface area contributed by atoms with Crippen LogP contribution >= 0.6 is 0 Å². The Hall–Kier alpha value is -1.26. The Balaban J connectivity index is 2.05. The molecule has 3 N–H and O–H groups in total. The van der Waals surface area contributed by atoms with E-state index >= 15 is 0 Å². The lowest BCUT2D eigenvalue weighted by molar-refractivity contribution is -0.137. The second kappa shape index (κ2) is 5.72. The maximum absolute atomic E-state index is 11.4. The van der Waals surface area contributed by atoms with Crippen LogP contribution in [0.5, 0.6) is 0 Å². The average molecular weight is 228 g/mol. The van der Waals surface area contributed by atoms with Gasteiger partial charge < -0.3 is 15.7 Å². The minimum absolute atomic E-state index is 0.0844. The van der Waals surface area contributed by atoms with Gasteiger partial charge in [-0.2, -0.15) is 0 Å². The monoisotopic (exact) mass is 228 g/mol. The van der Waals surface area contributed by atoms with E-state index in [4.69, 9.17) is 5.11 Å². The van der Waals surface area contributed by atoms with Gasteiger partial charge in [0.25, 0.3) is 0 Å². The van der Waals surface area contributed by atoms with Gasteiger partial charge in [0.1, 0.15) is 0 Å². The quantitative estimate of drug-likeness (QED) is 0.639. The van der Waals surface area contributed by atoms with Crippen molar-refractivity contribution >= 4 is 12.0 Å². The fourth-order valence-corrected chi connectivity index (χ4v) is 1.59. The second-order valence-electron chi connectivity index (χ2n) is 4.66. The molecule has 92 valence electrons. The van der Waals surface area contributed by atoms with Gasteiger partial charge in [-0.3, -0.25) is 4.79 Å². The van der Waals surface area contributed by atoms with Crippen LogP contribution in [0, 0.1) is 11.8 Å². The lowest BCUT2D eigenvalue weighted by Gasteiger charge is -2.13. The van der Waals surface area contributed by atoms with Crippen molar-refractivity contribution in [1.82, 2.24) is 10.6 Å². The Bertz CT molecular complexity index is 268. The lowest BCUT2D eigenvalue weighted by Crippen LogP contribution is -2.41. The summed E-state index contributed by atoms with van der Waals surface area (Å²) >= 11 is 0. The summed E-state index contributed by atoms with van der Waals surface area (Å²) < 4.78 is 0. The van der Waals surface area contributed by atoms with Gasteiger partial charge >= 0.3 is 12.0 Å². The van der Waals surface area contributed by atoms with Gasteiger partial charge in [0.05, 0.1) is 0 Å². The van der Waals surface area contributed by atoms with Gasteiger partial charge in [0, 0.05) is 19.0 Å². The molecular weight excluding hydrogens is 208 g/mol. The molecule has 5 heteroatoms. The summed E-state index contributed by atoms with van der Waals surface area (Å²) in [5.41, 5.74) is 0. The highest BCUT2D eigenvalue weighted by Crippen LogP contribution is 2.36. The number of carbonyl (C=O) groups is 2. The number of urea groups is 1. The number of nitrogens with one attached hydrogen (secondary N) is 2. The Morgan fingerprint density at radius 3 is 2.62 bits per heavy atom. The first kappa shape index (κ1) is 12.8. The van der Waals surface area contributed by atoms with Crippen molar-refractivity contribution < 1.29 is 14.7 Å². The average Bonchev–Trinajstić information content (AvgIpc) is 2.89. The number of aliphatic carboxylic acids is 1. The van der Waals surface area contributed by atoms with E-state index in [1.165, 1.54) is 6.42 Å². The lowest BCUT2D eigenvalue weighted by atomic mass is 10.2. The SMILES string of the molecule is CC(CCC(=O)O)NC(=O)NCC1CC1C. The number of carbonyl (C=O) groups excluding carboxylic acids is 1. The van der Waals surface area contributed by atoms with Gasteiger partial charge in [-0.05, 0) is 31.6 Å². The van der Waals surface area contributed by atoms with E-state index in [1.807, 2.05) is 6.92 Å². The predicted molar refractivity (Wildman–Crippen MR) is 60.1 cm³/mol. The van der Waals surface area contributed by atoms with Crippen LogP contribution in [-0.2, 0) is 4.79 Å². The Morgan fingerprint density at radius 1 is 1.50 bits per heavy atom. The van der Waals surface area contributed by atoms with Crippen LogP contribution in [0.4, 0.5) is 4.79 Å². The largest absolute Gasteiger partial charge is 0.481 e. The van der Waals surface area contributed by atoms with Crippen molar-refractivity contribution in [3.05, 3.63) is 0 Å². The summed E-state index contributed by atoms with van der Waals surface area (Å²) in [6, 6.07) is -0.301. The van der Waals surface area contributed by atoms with Gasteiger partial charge in [-0.25, -0.2) is 4.79 Å². The fraction of sp³-hybridized carbons (Fsp3) is 0.818. The molecule has 0 radical (unpaired) electrons. The number of hydrogen-bond donors (Lipinski definition) is 3. The molecule has 1 fully saturated rings. The Morgan fingerprint density at radius 2 is 2.12 bits per heavy atom. The molecule has 16 heavy (non-hydrogen) atoms. The zero-order valence-electron chi connectivity index (χ0n) is 9.82. The van der Waals surface area contributed by atoms with Crippen molar-refractivity contribution in [3.8, 4) is 0 Å². The third-order valence-corrected chi connectivity index (χ3v) is 2.97. The molecular formula is C11H20N2O3. The van der Waals surface area contributed by atoms with Gasteiger partial charge in [0.15, 0.2) is 0 Å². The first-order chi connectivity index (χ1) is 7.49. The van der Waals surface area contributed by atoms with Crippen LogP contribution < -0.4 is 10.6 Å². The predicted octanol–water partition coefficient (Wildman–Crippen LogP) is 1.19. The zero-order chi connectivity index (χ0) is 12.1. The first-order valence-electron chi connectivity index (χ1n) is 5.75.